The number of nitrogens with one attached hydrogen (secondary N) is 1. The van der Waals surface area contributed by atoms with E-state index in [4.69, 9.17) is 14.2 Å². The zero-order chi connectivity index (χ0) is 19.2. The lowest BCUT2D eigenvalue weighted by atomic mass is 10.2. The van der Waals surface area contributed by atoms with Gasteiger partial charge in [0, 0.05) is 16.6 Å². The van der Waals surface area contributed by atoms with Crippen LogP contribution in [0.4, 0.5) is 5.69 Å². The van der Waals surface area contributed by atoms with E-state index in [9.17, 15) is 9.59 Å². The molecule has 1 aliphatic rings. The van der Waals surface area contributed by atoms with Crippen LogP contribution in [0, 0.1) is 6.92 Å². The van der Waals surface area contributed by atoms with Gasteiger partial charge >= 0.3 is 5.97 Å². The van der Waals surface area contributed by atoms with Crippen molar-refractivity contribution >= 4 is 29.3 Å². The molecule has 3 rings (SSSR count). The van der Waals surface area contributed by atoms with E-state index in [1.165, 1.54) is 11.8 Å². The molecule has 142 valence electrons. The van der Waals surface area contributed by atoms with Crippen molar-refractivity contribution in [3.05, 3.63) is 48.0 Å². The van der Waals surface area contributed by atoms with Gasteiger partial charge in [0.15, 0.2) is 17.6 Å². The SMILES string of the molecule is Cc1ccccc1SCC(=O)OC(C)C(=O)Nc1ccc2c(c1)OCCO2. The van der Waals surface area contributed by atoms with Gasteiger partial charge in [-0.3, -0.25) is 9.59 Å². The molecule has 27 heavy (non-hydrogen) atoms. The summed E-state index contributed by atoms with van der Waals surface area (Å²) in [5.74, 6) is 0.534. The number of hydrogen-bond donors (Lipinski definition) is 1. The third-order valence-corrected chi connectivity index (χ3v) is 5.08. The molecule has 0 radical (unpaired) electrons. The van der Waals surface area contributed by atoms with E-state index in [1.54, 1.807) is 25.1 Å². The molecule has 6 nitrogen and oxygen atoms in total. The monoisotopic (exact) mass is 387 g/mol. The van der Waals surface area contributed by atoms with E-state index in [-0.39, 0.29) is 5.75 Å². The molecule has 1 N–H and O–H groups in total. The number of hydrogen-bond acceptors (Lipinski definition) is 6. The van der Waals surface area contributed by atoms with E-state index in [0.29, 0.717) is 30.4 Å². The number of thioether (sulfide) groups is 1. The Morgan fingerprint density at radius 2 is 1.89 bits per heavy atom. The lowest BCUT2D eigenvalue weighted by molar-refractivity contribution is -0.150. The van der Waals surface area contributed by atoms with Crippen LogP contribution in [-0.2, 0) is 14.3 Å². The summed E-state index contributed by atoms with van der Waals surface area (Å²) < 4.78 is 16.2. The Kier molecular flexibility index (Phi) is 6.24. The molecule has 1 amide bonds. The largest absolute Gasteiger partial charge is 0.486 e. The van der Waals surface area contributed by atoms with Gasteiger partial charge in [0.1, 0.15) is 13.2 Å². The van der Waals surface area contributed by atoms with Crippen LogP contribution in [0.25, 0.3) is 0 Å². The smallest absolute Gasteiger partial charge is 0.317 e. The summed E-state index contributed by atoms with van der Waals surface area (Å²) >= 11 is 1.39. The number of benzene rings is 2. The van der Waals surface area contributed by atoms with Crippen molar-refractivity contribution in [2.45, 2.75) is 24.8 Å². The van der Waals surface area contributed by atoms with Crippen LogP contribution in [0.1, 0.15) is 12.5 Å². The van der Waals surface area contributed by atoms with E-state index in [2.05, 4.69) is 5.32 Å². The van der Waals surface area contributed by atoms with Crippen LogP contribution in [0.2, 0.25) is 0 Å². The van der Waals surface area contributed by atoms with Gasteiger partial charge in [-0.05, 0) is 37.6 Å². The van der Waals surface area contributed by atoms with Crippen molar-refractivity contribution in [3.8, 4) is 11.5 Å². The average molecular weight is 387 g/mol. The maximum atomic E-state index is 12.3. The fourth-order valence-electron chi connectivity index (χ4n) is 2.50. The fourth-order valence-corrected chi connectivity index (χ4v) is 3.32. The van der Waals surface area contributed by atoms with Crippen LogP contribution in [-0.4, -0.2) is 36.9 Å². The van der Waals surface area contributed by atoms with Crippen molar-refractivity contribution < 1.29 is 23.8 Å². The molecule has 1 atom stereocenters. The number of anilines is 1. The van der Waals surface area contributed by atoms with Crippen molar-refractivity contribution in [2.24, 2.45) is 0 Å². The molecule has 0 aliphatic carbocycles. The highest BCUT2D eigenvalue weighted by molar-refractivity contribution is 8.00. The van der Waals surface area contributed by atoms with Gasteiger partial charge in [-0.15, -0.1) is 11.8 Å². The van der Waals surface area contributed by atoms with Gasteiger partial charge in [-0.25, -0.2) is 0 Å². The molecule has 1 unspecified atom stereocenters. The standard InChI is InChI=1S/C20H21NO5S/c1-13-5-3-4-6-18(13)27-12-19(22)26-14(2)20(23)21-15-7-8-16-17(11-15)25-10-9-24-16/h3-8,11,14H,9-10,12H2,1-2H3,(H,21,23). The first-order valence-corrected chi connectivity index (χ1v) is 9.60. The van der Waals surface area contributed by atoms with E-state index < -0.39 is 18.0 Å². The minimum Gasteiger partial charge on any atom is -0.486 e. The van der Waals surface area contributed by atoms with Gasteiger partial charge in [0.05, 0.1) is 5.75 Å². The van der Waals surface area contributed by atoms with Gasteiger partial charge in [-0.1, -0.05) is 18.2 Å². The summed E-state index contributed by atoms with van der Waals surface area (Å²) in [5, 5.41) is 2.72. The van der Waals surface area contributed by atoms with Crippen LogP contribution >= 0.6 is 11.8 Å². The Balaban J connectivity index is 1.50. The first-order valence-electron chi connectivity index (χ1n) is 8.61. The van der Waals surface area contributed by atoms with Gasteiger partial charge < -0.3 is 19.5 Å². The first-order chi connectivity index (χ1) is 13.0. The van der Waals surface area contributed by atoms with Gasteiger partial charge in [0.2, 0.25) is 0 Å². The van der Waals surface area contributed by atoms with E-state index in [0.717, 1.165) is 10.5 Å². The molecule has 2 aromatic carbocycles. The van der Waals surface area contributed by atoms with Crippen molar-refractivity contribution in [2.75, 3.05) is 24.3 Å². The number of amides is 1. The highest BCUT2D eigenvalue weighted by Crippen LogP contribution is 2.32. The summed E-state index contributed by atoms with van der Waals surface area (Å²) in [6.45, 7) is 4.50. The maximum Gasteiger partial charge on any atom is 0.317 e. The van der Waals surface area contributed by atoms with Crippen molar-refractivity contribution in [1.82, 2.24) is 0 Å². The molecule has 1 heterocycles. The molecular formula is C20H21NO5S. The quantitative estimate of drug-likeness (QED) is 0.605. The number of aryl methyl sites for hydroxylation is 1. The van der Waals surface area contributed by atoms with E-state index in [1.807, 2.05) is 31.2 Å². The molecular weight excluding hydrogens is 366 g/mol. The van der Waals surface area contributed by atoms with Crippen molar-refractivity contribution in [1.29, 1.82) is 0 Å². The Labute approximate surface area is 162 Å². The second kappa shape index (κ2) is 8.81. The van der Waals surface area contributed by atoms with E-state index >= 15 is 0 Å². The number of esters is 1. The normalized spacial score (nSPS) is 13.6. The van der Waals surface area contributed by atoms with Crippen LogP contribution in [0.5, 0.6) is 11.5 Å². The maximum absolute atomic E-state index is 12.3. The fraction of sp³-hybridized carbons (Fsp3) is 0.300. The first kappa shape index (κ1) is 19.1. The molecule has 0 aromatic heterocycles. The minimum absolute atomic E-state index is 0.145. The molecule has 0 bridgehead atoms. The molecule has 0 saturated carbocycles. The Morgan fingerprint density at radius 3 is 2.67 bits per heavy atom. The summed E-state index contributed by atoms with van der Waals surface area (Å²) in [6, 6.07) is 12.9. The Bertz CT molecular complexity index is 839. The Hall–Kier alpha value is -2.67. The lowest BCUT2D eigenvalue weighted by Gasteiger charge is -2.19. The summed E-state index contributed by atoms with van der Waals surface area (Å²) in [6.07, 6.45) is -0.900. The lowest BCUT2D eigenvalue weighted by Crippen LogP contribution is -2.30. The number of carbonyl (C=O) groups excluding carboxylic acids is 2. The third-order valence-electron chi connectivity index (χ3n) is 3.93. The highest BCUT2D eigenvalue weighted by Gasteiger charge is 2.19. The minimum atomic E-state index is -0.900. The summed E-state index contributed by atoms with van der Waals surface area (Å²) in [4.78, 5) is 25.3. The average Bonchev–Trinajstić information content (AvgIpc) is 2.67. The second-order valence-corrected chi connectivity index (χ2v) is 7.05. The van der Waals surface area contributed by atoms with Gasteiger partial charge in [-0.2, -0.15) is 0 Å². The molecule has 2 aromatic rings. The number of rotatable bonds is 6. The number of fused-ring (bicyclic) bond motifs is 1. The summed E-state index contributed by atoms with van der Waals surface area (Å²) in [7, 11) is 0. The van der Waals surface area contributed by atoms with Crippen LogP contribution in [0.15, 0.2) is 47.4 Å². The van der Waals surface area contributed by atoms with Crippen LogP contribution < -0.4 is 14.8 Å². The zero-order valence-electron chi connectivity index (χ0n) is 15.2. The zero-order valence-corrected chi connectivity index (χ0v) is 16.0. The number of ether oxygens (including phenoxy) is 3. The Morgan fingerprint density at radius 1 is 1.15 bits per heavy atom. The van der Waals surface area contributed by atoms with Gasteiger partial charge in [0.25, 0.3) is 5.91 Å². The predicted molar refractivity (Wildman–Crippen MR) is 104 cm³/mol. The topological polar surface area (TPSA) is 73.9 Å². The van der Waals surface area contributed by atoms with Crippen LogP contribution in [0.3, 0.4) is 0 Å². The van der Waals surface area contributed by atoms with Crippen molar-refractivity contribution in [3.63, 3.8) is 0 Å². The molecule has 0 saturated heterocycles. The third kappa shape index (κ3) is 5.17. The summed E-state index contributed by atoms with van der Waals surface area (Å²) in [5.41, 5.74) is 1.65. The second-order valence-electron chi connectivity index (χ2n) is 6.03. The molecule has 0 spiro atoms. The highest BCUT2D eigenvalue weighted by atomic mass is 32.2. The molecule has 0 fully saturated rings. The molecule has 7 heteroatoms. The predicted octanol–water partition coefficient (Wildman–Crippen LogP) is 3.43. The number of carbonyl (C=O) groups is 2. The molecule has 1 aliphatic heterocycles.